The number of anilines is 1. The number of nitrogens with one attached hydrogen (secondary N) is 1. The minimum atomic E-state index is -4.86. The van der Waals surface area contributed by atoms with Gasteiger partial charge in [-0.25, -0.2) is 0 Å². The molecule has 0 atom stereocenters. The van der Waals surface area contributed by atoms with Crippen LogP contribution in [0.15, 0.2) is 30.3 Å². The number of rotatable bonds is 6. The lowest BCUT2D eigenvalue weighted by atomic mass is 10.3. The molecule has 0 amide bonds. The van der Waals surface area contributed by atoms with Crippen molar-refractivity contribution in [2.75, 3.05) is 11.9 Å². The van der Waals surface area contributed by atoms with E-state index in [2.05, 4.69) is 5.32 Å². The van der Waals surface area contributed by atoms with Crippen LogP contribution in [0.4, 0.5) is 5.69 Å². The molecule has 1 rings (SSSR count). The Morgan fingerprint density at radius 2 is 1.50 bits per heavy atom. The molecule has 0 saturated heterocycles. The van der Waals surface area contributed by atoms with E-state index in [1.807, 2.05) is 0 Å². The monoisotopic (exact) mass is 295 g/mol. The largest absolute Gasteiger partial charge is 0.385 e. The van der Waals surface area contributed by atoms with E-state index in [4.69, 9.17) is 9.11 Å². The zero-order valence-corrected chi connectivity index (χ0v) is 10.9. The van der Waals surface area contributed by atoms with Crippen molar-refractivity contribution < 1.29 is 25.9 Å². The second-order valence-corrected chi connectivity index (χ2v) is 7.04. The Bertz CT molecular complexity index is 549. The minimum Gasteiger partial charge on any atom is -0.385 e. The predicted octanol–water partition coefficient (Wildman–Crippen LogP) is 0.590. The maximum absolute atomic E-state index is 10.8. The van der Waals surface area contributed by atoms with E-state index in [9.17, 15) is 16.8 Å². The lowest BCUT2D eigenvalue weighted by Gasteiger charge is -2.11. The van der Waals surface area contributed by atoms with Gasteiger partial charge >= 0.3 is 0 Å². The summed E-state index contributed by atoms with van der Waals surface area (Å²) in [6, 6.07) is 8.67. The average molecular weight is 295 g/mol. The molecule has 0 aliphatic carbocycles. The second-order valence-electron chi connectivity index (χ2n) is 3.54. The van der Waals surface area contributed by atoms with Crippen molar-refractivity contribution >= 4 is 25.9 Å². The minimum absolute atomic E-state index is 0.0335. The molecule has 18 heavy (non-hydrogen) atoms. The van der Waals surface area contributed by atoms with Gasteiger partial charge in [-0.05, 0) is 12.1 Å². The quantitative estimate of drug-likeness (QED) is 0.657. The summed E-state index contributed by atoms with van der Waals surface area (Å²) in [4.78, 5) is 0. The molecule has 3 N–H and O–H groups in total. The third-order valence-corrected chi connectivity index (χ3v) is 5.41. The molecular weight excluding hydrogens is 282 g/mol. The highest BCUT2D eigenvalue weighted by Crippen LogP contribution is 2.12. The van der Waals surface area contributed by atoms with E-state index in [1.54, 1.807) is 30.3 Å². The highest BCUT2D eigenvalue weighted by Gasteiger charge is 2.34. The second kappa shape index (κ2) is 5.65. The van der Waals surface area contributed by atoms with Crippen molar-refractivity contribution in [1.29, 1.82) is 0 Å². The van der Waals surface area contributed by atoms with Gasteiger partial charge in [-0.15, -0.1) is 0 Å². The first kappa shape index (κ1) is 14.9. The zero-order valence-electron chi connectivity index (χ0n) is 9.22. The van der Waals surface area contributed by atoms with E-state index in [1.165, 1.54) is 0 Å². The lowest BCUT2D eigenvalue weighted by molar-refractivity contribution is 0.452. The Hall–Kier alpha value is -1.16. The summed E-state index contributed by atoms with van der Waals surface area (Å²) in [5.41, 5.74) is 0.668. The molecule has 0 aromatic heterocycles. The van der Waals surface area contributed by atoms with Gasteiger partial charge in [0.05, 0.1) is 0 Å². The third-order valence-electron chi connectivity index (χ3n) is 2.15. The predicted molar refractivity (Wildman–Crippen MR) is 66.4 cm³/mol. The SMILES string of the molecule is O=S(=O)(O)C(CCNc1ccccc1)S(=O)(=O)O. The fraction of sp³-hybridized carbons (Fsp3) is 0.333. The molecule has 0 saturated carbocycles. The molecule has 0 radical (unpaired) electrons. The summed E-state index contributed by atoms with van der Waals surface area (Å²) < 4.78 is 58.4. The number of hydrogen-bond acceptors (Lipinski definition) is 5. The Kier molecular flexibility index (Phi) is 4.68. The maximum Gasteiger partial charge on any atom is 0.284 e. The van der Waals surface area contributed by atoms with Crippen LogP contribution in [0.2, 0.25) is 0 Å². The van der Waals surface area contributed by atoms with Gasteiger partial charge in [0.1, 0.15) is 0 Å². The Morgan fingerprint density at radius 3 is 1.94 bits per heavy atom. The molecule has 9 heteroatoms. The van der Waals surface area contributed by atoms with Crippen molar-refractivity contribution in [3.63, 3.8) is 0 Å². The number of hydrogen-bond donors (Lipinski definition) is 3. The average Bonchev–Trinajstić information content (AvgIpc) is 2.22. The van der Waals surface area contributed by atoms with Crippen LogP contribution < -0.4 is 5.32 Å². The van der Waals surface area contributed by atoms with Crippen LogP contribution >= 0.6 is 0 Å². The van der Waals surface area contributed by atoms with Gasteiger partial charge in [-0.1, -0.05) is 18.2 Å². The van der Waals surface area contributed by atoms with Gasteiger partial charge < -0.3 is 5.32 Å². The number of para-hydroxylation sites is 1. The summed E-state index contributed by atoms with van der Waals surface area (Å²) in [6.45, 7) is -0.0335. The maximum atomic E-state index is 10.8. The van der Waals surface area contributed by atoms with Crippen LogP contribution in [0, 0.1) is 0 Å². The number of benzene rings is 1. The Morgan fingerprint density at radius 1 is 1.00 bits per heavy atom. The van der Waals surface area contributed by atoms with Crippen molar-refractivity contribution in [3.05, 3.63) is 30.3 Å². The molecule has 0 spiro atoms. The topological polar surface area (TPSA) is 121 Å². The Balaban J connectivity index is 2.66. The first-order valence-electron chi connectivity index (χ1n) is 4.93. The fourth-order valence-electron chi connectivity index (χ4n) is 1.34. The summed E-state index contributed by atoms with van der Waals surface area (Å²) in [5, 5.41) is 2.77. The first-order valence-corrected chi connectivity index (χ1v) is 7.93. The molecule has 0 aliphatic heterocycles. The molecule has 102 valence electrons. The van der Waals surface area contributed by atoms with E-state index >= 15 is 0 Å². The van der Waals surface area contributed by atoms with Crippen molar-refractivity contribution in [1.82, 2.24) is 0 Å². The van der Waals surface area contributed by atoms with Gasteiger partial charge in [0, 0.05) is 18.7 Å². The summed E-state index contributed by atoms with van der Waals surface area (Å²) in [7, 11) is -9.71. The highest BCUT2D eigenvalue weighted by atomic mass is 32.3. The van der Waals surface area contributed by atoms with E-state index in [0.717, 1.165) is 0 Å². The van der Waals surface area contributed by atoms with Crippen LogP contribution in [0.3, 0.4) is 0 Å². The highest BCUT2D eigenvalue weighted by molar-refractivity contribution is 8.03. The van der Waals surface area contributed by atoms with Gasteiger partial charge in [-0.2, -0.15) is 16.8 Å². The van der Waals surface area contributed by atoms with Crippen LogP contribution in [0.1, 0.15) is 6.42 Å². The zero-order chi connectivity index (χ0) is 13.8. The molecule has 0 unspecified atom stereocenters. The van der Waals surface area contributed by atoms with Crippen molar-refractivity contribution in [2.45, 2.75) is 11.0 Å². The summed E-state index contributed by atoms with van der Waals surface area (Å²) >= 11 is 0. The summed E-state index contributed by atoms with van der Waals surface area (Å²) in [5.74, 6) is 0. The molecular formula is C9H13NO6S2. The van der Waals surface area contributed by atoms with E-state index in [-0.39, 0.29) is 6.54 Å². The van der Waals surface area contributed by atoms with Crippen LogP contribution in [0.5, 0.6) is 0 Å². The van der Waals surface area contributed by atoms with Crippen LogP contribution in [-0.2, 0) is 20.2 Å². The first-order chi connectivity index (χ1) is 8.21. The van der Waals surface area contributed by atoms with Crippen LogP contribution in [0.25, 0.3) is 0 Å². The van der Waals surface area contributed by atoms with Gasteiger partial charge in [0.15, 0.2) is 0 Å². The molecule has 0 heterocycles. The molecule has 0 bridgehead atoms. The molecule has 0 aliphatic rings. The summed E-state index contributed by atoms with van der Waals surface area (Å²) in [6.07, 6.45) is -0.466. The third kappa shape index (κ3) is 4.61. The van der Waals surface area contributed by atoms with E-state index in [0.29, 0.717) is 5.69 Å². The fourth-order valence-corrected chi connectivity index (χ4v) is 3.40. The molecule has 7 nitrogen and oxygen atoms in total. The molecule has 0 fully saturated rings. The molecule has 1 aromatic carbocycles. The smallest absolute Gasteiger partial charge is 0.284 e. The van der Waals surface area contributed by atoms with Crippen molar-refractivity contribution in [2.24, 2.45) is 0 Å². The van der Waals surface area contributed by atoms with Gasteiger partial charge in [0.25, 0.3) is 20.2 Å². The van der Waals surface area contributed by atoms with E-state index < -0.39 is 31.2 Å². The Labute approximate surface area is 105 Å². The van der Waals surface area contributed by atoms with Crippen LogP contribution in [-0.4, -0.2) is 37.1 Å². The normalized spacial score (nSPS) is 12.6. The molecule has 1 aromatic rings. The van der Waals surface area contributed by atoms with Gasteiger partial charge in [-0.3, -0.25) is 9.11 Å². The van der Waals surface area contributed by atoms with Crippen molar-refractivity contribution in [3.8, 4) is 0 Å². The lowest BCUT2D eigenvalue weighted by Crippen LogP contribution is -2.31. The standard InChI is InChI=1S/C9H13NO6S2/c11-17(12,13)9(18(14,15)16)6-7-10-8-4-2-1-3-5-8/h1-5,9-10H,6-7H2,(H,11,12,13)(H,14,15,16). The van der Waals surface area contributed by atoms with Gasteiger partial charge in [0.2, 0.25) is 4.58 Å².